The largest absolute Gasteiger partial charge is 0.421 e. The molecular formula is C21H56F14O3Si2. The van der Waals surface area contributed by atoms with Gasteiger partial charge in [-0.3, -0.25) is 4.39 Å². The van der Waals surface area contributed by atoms with Crippen LogP contribution < -0.4 is 0 Å². The summed E-state index contributed by atoms with van der Waals surface area (Å²) in [6.07, 6.45) is -8.63. The lowest BCUT2D eigenvalue weighted by Gasteiger charge is -2.21. The average molecular weight is 679 g/mol. The van der Waals surface area contributed by atoms with Crippen molar-refractivity contribution in [1.29, 1.82) is 0 Å². The van der Waals surface area contributed by atoms with E-state index in [2.05, 4.69) is 21.0 Å². The molecule has 0 radical (unpaired) electrons. The summed E-state index contributed by atoms with van der Waals surface area (Å²) in [4.78, 5) is 2.38. The highest BCUT2D eigenvalue weighted by molar-refractivity contribution is 6.33. The minimum absolute atomic E-state index is 0. The van der Waals surface area contributed by atoms with Crippen LogP contribution in [-0.4, -0.2) is 84.5 Å². The van der Waals surface area contributed by atoms with Gasteiger partial charge in [-0.1, -0.05) is 64.6 Å². The van der Waals surface area contributed by atoms with E-state index in [0.717, 1.165) is 6.42 Å². The van der Waals surface area contributed by atoms with Crippen LogP contribution in [0, 0.1) is 0 Å². The molecule has 0 aliphatic carbocycles. The highest BCUT2D eigenvalue weighted by atomic mass is 28.3. The van der Waals surface area contributed by atoms with Crippen LogP contribution in [0.15, 0.2) is 0 Å². The van der Waals surface area contributed by atoms with Gasteiger partial charge in [0, 0.05) is 23.7 Å². The lowest BCUT2D eigenvalue weighted by atomic mass is 10.3. The molecule has 0 saturated carbocycles. The molecule has 0 aromatic heterocycles. The van der Waals surface area contributed by atoms with Gasteiger partial charge in [0.1, 0.15) is 0 Å². The molecule has 40 heavy (non-hydrogen) atoms. The maximum Gasteiger partial charge on any atom is 0.421 e. The van der Waals surface area contributed by atoms with Crippen molar-refractivity contribution in [3.05, 3.63) is 0 Å². The monoisotopic (exact) mass is 678 g/mol. The SMILES string of the molecule is C.C.C.C.C.C.C.COC(F)(F)C(F)(F)CF.COC(F)(F)C(F)(F)CF.C[SiH2]CCCF.C[SiH2]F.FCOF. The summed E-state index contributed by atoms with van der Waals surface area (Å²) in [5, 5.41) is 0. The van der Waals surface area contributed by atoms with Crippen LogP contribution in [0.2, 0.25) is 19.1 Å². The van der Waals surface area contributed by atoms with Crippen LogP contribution in [0.4, 0.5) is 61.3 Å². The quantitative estimate of drug-likeness (QED) is 0.0997. The van der Waals surface area contributed by atoms with Crippen molar-refractivity contribution >= 4 is 19.4 Å². The highest BCUT2D eigenvalue weighted by Gasteiger charge is 2.58. The molecule has 264 valence electrons. The number of hydrogen-bond donors (Lipinski definition) is 0. The number of methoxy groups -OCH3 is 2. The van der Waals surface area contributed by atoms with E-state index < -0.39 is 54.1 Å². The van der Waals surface area contributed by atoms with E-state index in [1.54, 1.807) is 6.55 Å². The van der Waals surface area contributed by atoms with Gasteiger partial charge >= 0.3 is 24.1 Å². The Balaban J connectivity index is -0.0000000248. The molecule has 0 spiro atoms. The summed E-state index contributed by atoms with van der Waals surface area (Å²) in [7, 11) is -0.163. The first kappa shape index (κ1) is 77.4. The fourth-order valence-electron chi connectivity index (χ4n) is 0.799. The Bertz CT molecular complexity index is 342. The van der Waals surface area contributed by atoms with Crippen LogP contribution in [0.5, 0.6) is 0 Å². The van der Waals surface area contributed by atoms with Gasteiger partial charge in [0.2, 0.25) is 16.7 Å². The van der Waals surface area contributed by atoms with Crippen LogP contribution in [-0.2, 0) is 14.4 Å². The molecule has 0 saturated heterocycles. The van der Waals surface area contributed by atoms with Crippen LogP contribution >= 0.6 is 0 Å². The van der Waals surface area contributed by atoms with Gasteiger partial charge in [-0.15, -0.1) is 0 Å². The Morgan fingerprint density at radius 1 is 0.600 bits per heavy atom. The van der Waals surface area contributed by atoms with Crippen molar-refractivity contribution in [2.75, 3.05) is 41.1 Å². The zero-order chi connectivity index (χ0) is 27.8. The predicted molar refractivity (Wildman–Crippen MR) is 146 cm³/mol. The first-order valence-electron chi connectivity index (χ1n) is 8.64. The molecule has 0 fully saturated rings. The molecule has 3 nitrogen and oxygen atoms in total. The lowest BCUT2D eigenvalue weighted by molar-refractivity contribution is -0.340. The molecule has 0 bridgehead atoms. The Morgan fingerprint density at radius 2 is 0.825 bits per heavy atom. The van der Waals surface area contributed by atoms with E-state index in [4.69, 9.17) is 0 Å². The zero-order valence-electron chi connectivity index (χ0n) is 18.2. The second-order valence-electron chi connectivity index (χ2n) is 5.00. The van der Waals surface area contributed by atoms with E-state index in [1.807, 2.05) is 0 Å². The Morgan fingerprint density at radius 3 is 0.875 bits per heavy atom. The number of alkyl halides is 12. The van der Waals surface area contributed by atoms with Crippen molar-refractivity contribution in [1.82, 2.24) is 0 Å². The van der Waals surface area contributed by atoms with Crippen LogP contribution in [0.1, 0.15) is 58.4 Å². The maximum absolute atomic E-state index is 11.7. The van der Waals surface area contributed by atoms with Crippen molar-refractivity contribution in [2.24, 2.45) is 0 Å². The van der Waals surface area contributed by atoms with E-state index in [1.165, 1.54) is 6.04 Å². The smallest absolute Gasteiger partial charge is 0.323 e. The second kappa shape index (κ2) is 45.3. The molecule has 0 atom stereocenters. The minimum atomic E-state index is -4.73. The molecule has 0 aromatic rings. The topological polar surface area (TPSA) is 27.7 Å². The summed E-state index contributed by atoms with van der Waals surface area (Å²) < 4.78 is 164. The Kier molecular flexibility index (Phi) is 87.7. The number of halogens is 14. The highest BCUT2D eigenvalue weighted by Crippen LogP contribution is 2.35. The summed E-state index contributed by atoms with van der Waals surface area (Å²) in [6.45, 7) is -2.53. The first-order valence-corrected chi connectivity index (χ1v) is 13.0. The third kappa shape index (κ3) is 44.4. The fraction of sp³-hybridized carbons (Fsp3) is 1.00. The third-order valence-electron chi connectivity index (χ3n) is 2.48. The molecule has 0 aliphatic heterocycles. The third-order valence-corrected chi connectivity index (χ3v) is 3.69. The molecule has 0 unspecified atom stereocenters. The average Bonchev–Trinajstić information content (AvgIpc) is 2.78. The van der Waals surface area contributed by atoms with Gasteiger partial charge in [-0.05, 0) is 17.5 Å². The van der Waals surface area contributed by atoms with Crippen molar-refractivity contribution < 1.29 is 75.7 Å². The summed E-state index contributed by atoms with van der Waals surface area (Å²) in [5.74, 6) is -9.47. The standard InChI is InChI=1S/2C4H5F5O.C4H11FSi.CH2F2O.CH5FSi.7CH4/c2*1-10-4(8,9)3(6,7)2-5;1-6-4-2-3-5;2-1-4-3;1-3-2;;;;;;;/h2*2H2,1H3;2-4,6H2,1H3;1H2;3H2,1H3;7*1H4. The molecule has 0 amide bonds. The summed E-state index contributed by atoms with van der Waals surface area (Å²) >= 11 is 0. The van der Waals surface area contributed by atoms with Crippen molar-refractivity contribution in [2.45, 2.75) is 102 Å². The second-order valence-corrected chi connectivity index (χ2v) is 7.24. The first-order chi connectivity index (χ1) is 15.0. The number of rotatable bonds is 10. The van der Waals surface area contributed by atoms with E-state index in [-0.39, 0.29) is 68.2 Å². The molecule has 0 heterocycles. The van der Waals surface area contributed by atoms with Gasteiger partial charge < -0.3 is 13.6 Å². The molecule has 0 rings (SSSR count). The Hall–Kier alpha value is -0.666. The van der Waals surface area contributed by atoms with Gasteiger partial charge in [-0.2, -0.15) is 40.1 Å². The van der Waals surface area contributed by atoms with Gasteiger partial charge in [0.15, 0.2) is 13.3 Å². The van der Waals surface area contributed by atoms with Crippen molar-refractivity contribution in [3.8, 4) is 0 Å². The molecule has 0 N–H and O–H groups in total. The van der Waals surface area contributed by atoms with E-state index >= 15 is 0 Å². The van der Waals surface area contributed by atoms with Crippen LogP contribution in [0.3, 0.4) is 0 Å². The molecule has 0 aromatic carbocycles. The fourth-order valence-corrected chi connectivity index (χ4v) is 1.49. The number of hydrogen-bond acceptors (Lipinski definition) is 3. The van der Waals surface area contributed by atoms with Gasteiger partial charge in [0.25, 0.3) is 0 Å². The molecular weight excluding hydrogens is 622 g/mol. The van der Waals surface area contributed by atoms with Gasteiger partial charge in [-0.25, -0.2) is 13.2 Å². The number of ether oxygens (including phenoxy) is 2. The van der Waals surface area contributed by atoms with Crippen molar-refractivity contribution in [3.63, 3.8) is 0 Å². The predicted octanol–water partition coefficient (Wildman–Crippen LogP) is 10.00. The minimum Gasteiger partial charge on any atom is -0.323 e. The lowest BCUT2D eigenvalue weighted by Crippen LogP contribution is -2.43. The van der Waals surface area contributed by atoms with E-state index in [9.17, 15) is 61.3 Å². The maximum atomic E-state index is 11.7. The summed E-state index contributed by atoms with van der Waals surface area (Å²) in [5.41, 5.74) is 0. The normalized spacial score (nSPS) is 10.1. The zero-order valence-corrected chi connectivity index (χ0v) is 21.0. The van der Waals surface area contributed by atoms with Crippen LogP contribution in [0.25, 0.3) is 0 Å². The van der Waals surface area contributed by atoms with Gasteiger partial charge in [0.05, 0.1) is 6.67 Å². The Labute approximate surface area is 238 Å². The summed E-state index contributed by atoms with van der Waals surface area (Å²) in [6, 6.07) is 1.18. The molecule has 0 aliphatic rings. The molecule has 19 heteroatoms. The van der Waals surface area contributed by atoms with E-state index in [0.29, 0.717) is 14.2 Å².